The molecule has 0 radical (unpaired) electrons. The first kappa shape index (κ1) is 16.3. The van der Waals surface area contributed by atoms with E-state index in [0.29, 0.717) is 17.0 Å². The lowest BCUT2D eigenvalue weighted by Crippen LogP contribution is -2.23. The average molecular weight is 326 g/mol. The zero-order chi connectivity index (χ0) is 15.2. The summed E-state index contributed by atoms with van der Waals surface area (Å²) in [7, 11) is 1.90. The molecule has 1 unspecified atom stereocenters. The summed E-state index contributed by atoms with van der Waals surface area (Å²) >= 11 is 12.2. The molecule has 2 aromatic rings. The average Bonchev–Trinajstić information content (AvgIpc) is 2.45. The van der Waals surface area contributed by atoms with E-state index in [1.165, 1.54) is 6.07 Å². The summed E-state index contributed by atoms with van der Waals surface area (Å²) in [4.78, 5) is 0. The molecule has 0 aliphatic carbocycles. The lowest BCUT2D eigenvalue weighted by Gasteiger charge is -2.18. The van der Waals surface area contributed by atoms with Crippen LogP contribution in [0.2, 0.25) is 10.0 Å². The highest BCUT2D eigenvalue weighted by molar-refractivity contribution is 6.31. The van der Waals surface area contributed by atoms with Gasteiger partial charge in [-0.2, -0.15) is 0 Å². The molecule has 0 amide bonds. The second-order valence-electron chi connectivity index (χ2n) is 5.16. The first-order valence-corrected chi connectivity index (χ1v) is 7.67. The van der Waals surface area contributed by atoms with E-state index >= 15 is 0 Å². The molecule has 112 valence electrons. The van der Waals surface area contributed by atoms with Gasteiger partial charge in [-0.15, -0.1) is 0 Å². The molecule has 2 rings (SSSR count). The summed E-state index contributed by atoms with van der Waals surface area (Å²) in [6.45, 7) is 0.789. The predicted molar refractivity (Wildman–Crippen MR) is 87.7 cm³/mol. The van der Waals surface area contributed by atoms with Crippen LogP contribution in [0.1, 0.15) is 11.1 Å². The first-order valence-electron chi connectivity index (χ1n) is 6.92. The standard InChI is InChI=1S/C17H18Cl2FN/c1-21-11-12(8-13-4-2-3-5-16(13)19)9-14-10-15(18)6-7-17(14)20/h2-7,10,12,21H,8-9,11H2,1H3. The second kappa shape index (κ2) is 7.79. The molecule has 4 heteroatoms. The van der Waals surface area contributed by atoms with Crippen molar-refractivity contribution in [2.45, 2.75) is 12.8 Å². The van der Waals surface area contributed by atoms with Gasteiger partial charge in [0.15, 0.2) is 0 Å². The molecule has 0 bridgehead atoms. The van der Waals surface area contributed by atoms with Gasteiger partial charge in [-0.25, -0.2) is 4.39 Å². The SMILES string of the molecule is CNCC(Cc1cc(Cl)ccc1F)Cc1ccccc1Cl. The van der Waals surface area contributed by atoms with E-state index in [-0.39, 0.29) is 11.7 Å². The van der Waals surface area contributed by atoms with Gasteiger partial charge in [-0.3, -0.25) is 0 Å². The van der Waals surface area contributed by atoms with Gasteiger partial charge in [-0.1, -0.05) is 41.4 Å². The lowest BCUT2D eigenvalue weighted by atomic mass is 9.92. The Hall–Kier alpha value is -1.09. The third kappa shape index (κ3) is 4.70. The fraction of sp³-hybridized carbons (Fsp3) is 0.294. The summed E-state index contributed by atoms with van der Waals surface area (Å²) in [5.74, 6) is 0.0440. The zero-order valence-electron chi connectivity index (χ0n) is 11.9. The fourth-order valence-corrected chi connectivity index (χ4v) is 2.90. The van der Waals surface area contributed by atoms with Gasteiger partial charge in [0.05, 0.1) is 0 Å². The van der Waals surface area contributed by atoms with Crippen LogP contribution in [0.15, 0.2) is 42.5 Å². The van der Waals surface area contributed by atoms with Crippen LogP contribution in [0.5, 0.6) is 0 Å². The summed E-state index contributed by atoms with van der Waals surface area (Å²) in [6, 6.07) is 12.5. The van der Waals surface area contributed by atoms with Crippen molar-refractivity contribution in [3.8, 4) is 0 Å². The maximum atomic E-state index is 13.9. The van der Waals surface area contributed by atoms with Crippen molar-refractivity contribution >= 4 is 23.2 Å². The normalized spacial score (nSPS) is 12.4. The minimum atomic E-state index is -0.209. The first-order chi connectivity index (χ1) is 10.1. The van der Waals surface area contributed by atoms with Crippen LogP contribution < -0.4 is 5.32 Å². The number of benzene rings is 2. The smallest absolute Gasteiger partial charge is 0.126 e. The Kier molecular flexibility index (Phi) is 6.04. The Labute approximate surface area is 135 Å². The molecule has 1 nitrogen and oxygen atoms in total. The van der Waals surface area contributed by atoms with Crippen LogP contribution in [-0.2, 0) is 12.8 Å². The van der Waals surface area contributed by atoms with Crippen molar-refractivity contribution in [3.63, 3.8) is 0 Å². The Morgan fingerprint density at radius 2 is 1.76 bits per heavy atom. The lowest BCUT2D eigenvalue weighted by molar-refractivity contribution is 0.480. The molecule has 0 saturated heterocycles. The number of nitrogens with one attached hydrogen (secondary N) is 1. The molecule has 2 aromatic carbocycles. The van der Waals surface area contributed by atoms with E-state index in [1.807, 2.05) is 31.3 Å². The van der Waals surface area contributed by atoms with Crippen molar-refractivity contribution in [2.24, 2.45) is 5.92 Å². The number of rotatable bonds is 6. The van der Waals surface area contributed by atoms with Crippen LogP contribution in [-0.4, -0.2) is 13.6 Å². The highest BCUT2D eigenvalue weighted by Gasteiger charge is 2.14. The minimum Gasteiger partial charge on any atom is -0.319 e. The Morgan fingerprint density at radius 3 is 2.48 bits per heavy atom. The van der Waals surface area contributed by atoms with Crippen LogP contribution in [0, 0.1) is 11.7 Å². The van der Waals surface area contributed by atoms with Crippen molar-refractivity contribution in [1.29, 1.82) is 0 Å². The molecule has 0 heterocycles. The van der Waals surface area contributed by atoms with Crippen molar-refractivity contribution < 1.29 is 4.39 Å². The van der Waals surface area contributed by atoms with Gasteiger partial charge in [0, 0.05) is 10.0 Å². The molecule has 0 aromatic heterocycles. The maximum Gasteiger partial charge on any atom is 0.126 e. The highest BCUT2D eigenvalue weighted by atomic mass is 35.5. The van der Waals surface area contributed by atoms with Crippen molar-refractivity contribution in [3.05, 3.63) is 69.5 Å². The highest BCUT2D eigenvalue weighted by Crippen LogP contribution is 2.23. The number of halogens is 3. The topological polar surface area (TPSA) is 12.0 Å². The summed E-state index contributed by atoms with van der Waals surface area (Å²) in [6.07, 6.45) is 1.42. The predicted octanol–water partition coefficient (Wildman–Crippen LogP) is 4.75. The van der Waals surface area contributed by atoms with Crippen LogP contribution in [0.4, 0.5) is 4.39 Å². The molecule has 0 aliphatic rings. The van der Waals surface area contributed by atoms with Gasteiger partial charge < -0.3 is 5.32 Å². The summed E-state index contributed by atoms with van der Waals surface area (Å²) < 4.78 is 13.9. The molecule has 0 fully saturated rings. The Bertz CT molecular complexity index is 601. The monoisotopic (exact) mass is 325 g/mol. The zero-order valence-corrected chi connectivity index (χ0v) is 13.4. The number of hydrogen-bond acceptors (Lipinski definition) is 1. The third-order valence-electron chi connectivity index (χ3n) is 3.48. The molecule has 21 heavy (non-hydrogen) atoms. The molecule has 1 atom stereocenters. The van der Waals surface area contributed by atoms with Gasteiger partial charge in [0.25, 0.3) is 0 Å². The molecule has 1 N–H and O–H groups in total. The van der Waals surface area contributed by atoms with Crippen LogP contribution >= 0.6 is 23.2 Å². The third-order valence-corrected chi connectivity index (χ3v) is 4.08. The van der Waals surface area contributed by atoms with E-state index < -0.39 is 0 Å². The van der Waals surface area contributed by atoms with Crippen LogP contribution in [0.25, 0.3) is 0 Å². The molecular formula is C17H18Cl2FN. The van der Waals surface area contributed by atoms with E-state index in [1.54, 1.807) is 12.1 Å². The van der Waals surface area contributed by atoms with Crippen LogP contribution in [0.3, 0.4) is 0 Å². The Balaban J connectivity index is 2.16. The van der Waals surface area contributed by atoms with E-state index in [2.05, 4.69) is 5.32 Å². The summed E-state index contributed by atoms with van der Waals surface area (Å²) in [5, 5.41) is 4.48. The molecule has 0 saturated carbocycles. The van der Waals surface area contributed by atoms with E-state index in [0.717, 1.165) is 23.6 Å². The molecule has 0 aliphatic heterocycles. The van der Waals surface area contributed by atoms with Gasteiger partial charge in [-0.05, 0) is 67.7 Å². The Morgan fingerprint density at radius 1 is 1.05 bits per heavy atom. The quantitative estimate of drug-likeness (QED) is 0.807. The van der Waals surface area contributed by atoms with E-state index in [4.69, 9.17) is 23.2 Å². The largest absolute Gasteiger partial charge is 0.319 e. The van der Waals surface area contributed by atoms with Gasteiger partial charge in [0.2, 0.25) is 0 Å². The van der Waals surface area contributed by atoms with Crippen molar-refractivity contribution in [2.75, 3.05) is 13.6 Å². The number of hydrogen-bond donors (Lipinski definition) is 1. The van der Waals surface area contributed by atoms with Crippen molar-refractivity contribution in [1.82, 2.24) is 5.32 Å². The van der Waals surface area contributed by atoms with Gasteiger partial charge >= 0.3 is 0 Å². The fourth-order valence-electron chi connectivity index (χ4n) is 2.49. The van der Waals surface area contributed by atoms with E-state index in [9.17, 15) is 4.39 Å². The maximum absolute atomic E-state index is 13.9. The molecular weight excluding hydrogens is 308 g/mol. The minimum absolute atomic E-state index is 0.209. The van der Waals surface area contributed by atoms with Gasteiger partial charge in [0.1, 0.15) is 5.82 Å². The molecule has 0 spiro atoms. The summed E-state index contributed by atoms with van der Waals surface area (Å²) in [5.41, 5.74) is 1.73. The second-order valence-corrected chi connectivity index (χ2v) is 6.00.